The molecule has 0 unspecified atom stereocenters. The summed E-state index contributed by atoms with van der Waals surface area (Å²) in [5.41, 5.74) is 7.55. The lowest BCUT2D eigenvalue weighted by Crippen LogP contribution is -2.14. The van der Waals surface area contributed by atoms with Crippen LogP contribution in [0.25, 0.3) is 0 Å². The predicted octanol–water partition coefficient (Wildman–Crippen LogP) is 1.46. The van der Waals surface area contributed by atoms with Gasteiger partial charge in [-0.1, -0.05) is 6.07 Å². The average molecular weight is 275 g/mol. The van der Waals surface area contributed by atoms with Crippen molar-refractivity contribution in [3.63, 3.8) is 0 Å². The Hall–Kier alpha value is -2.50. The summed E-state index contributed by atoms with van der Waals surface area (Å²) in [4.78, 5) is 15.2. The number of carbonyl (C=O) groups excluding carboxylic acids is 1. The molecular formula is C14H17N3O3. The Morgan fingerprint density at radius 2 is 2.30 bits per heavy atom. The highest BCUT2D eigenvalue weighted by Gasteiger charge is 2.06. The third-order valence-corrected chi connectivity index (χ3v) is 2.69. The topological polar surface area (TPSA) is 79.4 Å². The SMILES string of the molecule is CCOC(=O)COc1ccc(Cn2ccnc2)c(N)c1. The van der Waals surface area contributed by atoms with E-state index in [1.54, 1.807) is 31.6 Å². The third kappa shape index (κ3) is 3.74. The second-order valence-electron chi connectivity index (χ2n) is 4.19. The number of nitrogens with two attached hydrogens (primary N) is 1. The van der Waals surface area contributed by atoms with Gasteiger partial charge in [0.1, 0.15) is 5.75 Å². The number of benzene rings is 1. The Morgan fingerprint density at radius 1 is 1.45 bits per heavy atom. The maximum Gasteiger partial charge on any atom is 0.344 e. The summed E-state index contributed by atoms with van der Waals surface area (Å²) in [5.74, 6) is 0.151. The molecular weight excluding hydrogens is 258 g/mol. The van der Waals surface area contributed by atoms with Crippen LogP contribution in [0.3, 0.4) is 0 Å². The summed E-state index contributed by atoms with van der Waals surface area (Å²) in [6.07, 6.45) is 5.31. The molecule has 2 N–H and O–H groups in total. The molecule has 0 radical (unpaired) electrons. The normalized spacial score (nSPS) is 10.2. The van der Waals surface area contributed by atoms with Gasteiger partial charge in [0.15, 0.2) is 6.61 Å². The van der Waals surface area contributed by atoms with Gasteiger partial charge < -0.3 is 19.8 Å². The first-order valence-electron chi connectivity index (χ1n) is 6.31. The van der Waals surface area contributed by atoms with Crippen molar-refractivity contribution in [2.45, 2.75) is 13.5 Å². The Balaban J connectivity index is 1.97. The second kappa shape index (κ2) is 6.60. The van der Waals surface area contributed by atoms with Gasteiger partial charge >= 0.3 is 5.97 Å². The van der Waals surface area contributed by atoms with Crippen molar-refractivity contribution in [2.24, 2.45) is 0 Å². The lowest BCUT2D eigenvalue weighted by molar-refractivity contribution is -0.145. The zero-order valence-corrected chi connectivity index (χ0v) is 11.3. The zero-order chi connectivity index (χ0) is 14.4. The Kier molecular flexibility index (Phi) is 4.60. The van der Waals surface area contributed by atoms with Gasteiger partial charge in [0.2, 0.25) is 0 Å². The Bertz CT molecular complexity index is 567. The summed E-state index contributed by atoms with van der Waals surface area (Å²) in [7, 11) is 0. The first kappa shape index (κ1) is 13.9. The highest BCUT2D eigenvalue weighted by molar-refractivity contribution is 5.71. The van der Waals surface area contributed by atoms with E-state index in [0.29, 0.717) is 24.6 Å². The minimum atomic E-state index is -0.395. The molecule has 0 aliphatic rings. The smallest absolute Gasteiger partial charge is 0.344 e. The monoisotopic (exact) mass is 275 g/mol. The number of anilines is 1. The van der Waals surface area contributed by atoms with Crippen molar-refractivity contribution in [1.82, 2.24) is 9.55 Å². The lowest BCUT2D eigenvalue weighted by atomic mass is 10.1. The van der Waals surface area contributed by atoms with Gasteiger partial charge in [-0.25, -0.2) is 9.78 Å². The third-order valence-electron chi connectivity index (χ3n) is 2.69. The maximum atomic E-state index is 11.2. The molecule has 6 nitrogen and oxygen atoms in total. The van der Waals surface area contributed by atoms with Crippen LogP contribution in [-0.2, 0) is 16.1 Å². The molecule has 0 saturated heterocycles. The van der Waals surface area contributed by atoms with Crippen LogP contribution < -0.4 is 10.5 Å². The number of rotatable bonds is 6. The molecule has 0 amide bonds. The number of esters is 1. The molecule has 1 heterocycles. The number of nitrogens with zero attached hydrogens (tertiary/aromatic N) is 2. The van der Waals surface area contributed by atoms with E-state index in [4.69, 9.17) is 15.2 Å². The van der Waals surface area contributed by atoms with Crippen LogP contribution in [0.2, 0.25) is 0 Å². The van der Waals surface area contributed by atoms with Crippen molar-refractivity contribution in [1.29, 1.82) is 0 Å². The summed E-state index contributed by atoms with van der Waals surface area (Å²) in [6.45, 7) is 2.62. The van der Waals surface area contributed by atoms with Crippen LogP contribution in [0.15, 0.2) is 36.9 Å². The van der Waals surface area contributed by atoms with Crippen molar-refractivity contribution in [3.05, 3.63) is 42.5 Å². The molecule has 1 aromatic heterocycles. The van der Waals surface area contributed by atoms with Gasteiger partial charge in [0, 0.05) is 24.1 Å². The van der Waals surface area contributed by atoms with Gasteiger partial charge in [0.05, 0.1) is 19.5 Å². The average Bonchev–Trinajstić information content (AvgIpc) is 2.92. The summed E-state index contributed by atoms with van der Waals surface area (Å²) < 4.78 is 12.0. The molecule has 0 bridgehead atoms. The van der Waals surface area contributed by atoms with Crippen LogP contribution in [0.4, 0.5) is 5.69 Å². The van der Waals surface area contributed by atoms with Crippen molar-refractivity contribution in [2.75, 3.05) is 18.9 Å². The highest BCUT2D eigenvalue weighted by Crippen LogP contribution is 2.20. The van der Waals surface area contributed by atoms with E-state index in [1.165, 1.54) is 0 Å². The van der Waals surface area contributed by atoms with E-state index in [9.17, 15) is 4.79 Å². The van der Waals surface area contributed by atoms with Gasteiger partial charge in [-0.3, -0.25) is 0 Å². The Labute approximate surface area is 117 Å². The van der Waals surface area contributed by atoms with Crippen LogP contribution >= 0.6 is 0 Å². The highest BCUT2D eigenvalue weighted by atomic mass is 16.6. The van der Waals surface area contributed by atoms with Gasteiger partial charge in [-0.05, 0) is 18.6 Å². The molecule has 0 saturated carbocycles. The van der Waals surface area contributed by atoms with E-state index in [2.05, 4.69) is 4.98 Å². The van der Waals surface area contributed by atoms with Crippen LogP contribution in [-0.4, -0.2) is 28.7 Å². The summed E-state index contributed by atoms with van der Waals surface area (Å²) in [5, 5.41) is 0. The minimum Gasteiger partial charge on any atom is -0.482 e. The number of carbonyl (C=O) groups is 1. The summed E-state index contributed by atoms with van der Waals surface area (Å²) in [6, 6.07) is 5.35. The zero-order valence-electron chi connectivity index (χ0n) is 11.3. The molecule has 1 aromatic carbocycles. The van der Waals surface area contributed by atoms with Crippen LogP contribution in [0.1, 0.15) is 12.5 Å². The van der Waals surface area contributed by atoms with Crippen molar-refractivity contribution in [3.8, 4) is 5.75 Å². The van der Waals surface area contributed by atoms with Crippen molar-refractivity contribution >= 4 is 11.7 Å². The van der Waals surface area contributed by atoms with E-state index in [-0.39, 0.29) is 6.61 Å². The molecule has 0 spiro atoms. The molecule has 2 aromatic rings. The quantitative estimate of drug-likeness (QED) is 0.637. The van der Waals surface area contributed by atoms with Crippen LogP contribution in [0, 0.1) is 0 Å². The molecule has 0 atom stereocenters. The fourth-order valence-corrected chi connectivity index (χ4v) is 1.73. The second-order valence-corrected chi connectivity index (χ2v) is 4.19. The molecule has 106 valence electrons. The van der Waals surface area contributed by atoms with E-state index < -0.39 is 5.97 Å². The van der Waals surface area contributed by atoms with Gasteiger partial charge in [-0.15, -0.1) is 0 Å². The molecule has 0 aliphatic heterocycles. The largest absolute Gasteiger partial charge is 0.482 e. The molecule has 20 heavy (non-hydrogen) atoms. The predicted molar refractivity (Wildman–Crippen MR) is 74.3 cm³/mol. The summed E-state index contributed by atoms with van der Waals surface area (Å²) >= 11 is 0. The number of hydrogen-bond donors (Lipinski definition) is 1. The fraction of sp³-hybridized carbons (Fsp3) is 0.286. The molecule has 6 heteroatoms. The first-order chi connectivity index (χ1) is 9.69. The van der Waals surface area contributed by atoms with Gasteiger partial charge in [0.25, 0.3) is 0 Å². The molecule has 2 rings (SSSR count). The Morgan fingerprint density at radius 3 is 2.95 bits per heavy atom. The first-order valence-corrected chi connectivity index (χ1v) is 6.31. The van der Waals surface area contributed by atoms with Gasteiger partial charge in [-0.2, -0.15) is 0 Å². The van der Waals surface area contributed by atoms with Crippen molar-refractivity contribution < 1.29 is 14.3 Å². The fourth-order valence-electron chi connectivity index (χ4n) is 1.73. The van der Waals surface area contributed by atoms with Crippen LogP contribution in [0.5, 0.6) is 5.75 Å². The molecule has 0 fully saturated rings. The minimum absolute atomic E-state index is 0.117. The van der Waals surface area contributed by atoms with E-state index in [1.807, 2.05) is 16.8 Å². The standard InChI is InChI=1S/C14H17N3O3/c1-2-19-14(18)9-20-12-4-3-11(13(15)7-12)8-17-6-5-16-10-17/h3-7,10H,2,8-9,15H2,1H3. The lowest BCUT2D eigenvalue weighted by Gasteiger charge is -2.10. The van der Waals surface area contributed by atoms with E-state index in [0.717, 1.165) is 5.56 Å². The molecule has 0 aliphatic carbocycles. The number of hydrogen-bond acceptors (Lipinski definition) is 5. The maximum absolute atomic E-state index is 11.2. The number of ether oxygens (including phenoxy) is 2. The number of nitrogen functional groups attached to an aromatic ring is 1. The number of imidazole rings is 1. The van der Waals surface area contributed by atoms with E-state index >= 15 is 0 Å². The number of aromatic nitrogens is 2.